The summed E-state index contributed by atoms with van der Waals surface area (Å²) in [6, 6.07) is 15.2. The van der Waals surface area contributed by atoms with Crippen LogP contribution in [0.4, 0.5) is 0 Å². The SMILES string of the molecule is Cc1cccc(-c2nnc(CCC(=O)NCc3ccc(Cl)cc3)o2)c1. The van der Waals surface area contributed by atoms with Crippen molar-refractivity contribution < 1.29 is 9.21 Å². The van der Waals surface area contributed by atoms with Gasteiger partial charge in [0, 0.05) is 30.0 Å². The number of carbonyl (C=O) groups excluding carboxylic acids is 1. The van der Waals surface area contributed by atoms with Crippen LogP contribution in [0.1, 0.15) is 23.4 Å². The number of carbonyl (C=O) groups is 1. The fourth-order valence-corrected chi connectivity index (χ4v) is 2.49. The highest BCUT2D eigenvalue weighted by molar-refractivity contribution is 6.30. The van der Waals surface area contributed by atoms with Crippen molar-refractivity contribution in [3.63, 3.8) is 0 Å². The second-order valence-corrected chi connectivity index (χ2v) is 6.21. The summed E-state index contributed by atoms with van der Waals surface area (Å²) in [5, 5.41) is 11.6. The highest BCUT2D eigenvalue weighted by atomic mass is 35.5. The van der Waals surface area contributed by atoms with E-state index in [0.717, 1.165) is 16.7 Å². The lowest BCUT2D eigenvalue weighted by molar-refractivity contribution is -0.121. The summed E-state index contributed by atoms with van der Waals surface area (Å²) >= 11 is 5.84. The molecule has 3 rings (SSSR count). The van der Waals surface area contributed by atoms with Crippen molar-refractivity contribution in [2.24, 2.45) is 0 Å². The highest BCUT2D eigenvalue weighted by Crippen LogP contribution is 2.19. The normalized spacial score (nSPS) is 10.6. The molecule has 128 valence electrons. The van der Waals surface area contributed by atoms with Crippen LogP contribution in [0, 0.1) is 6.92 Å². The zero-order chi connectivity index (χ0) is 17.6. The molecule has 25 heavy (non-hydrogen) atoms. The van der Waals surface area contributed by atoms with E-state index in [-0.39, 0.29) is 5.91 Å². The highest BCUT2D eigenvalue weighted by Gasteiger charge is 2.10. The lowest BCUT2D eigenvalue weighted by Crippen LogP contribution is -2.23. The second-order valence-electron chi connectivity index (χ2n) is 5.77. The topological polar surface area (TPSA) is 68.0 Å². The first kappa shape index (κ1) is 17.2. The molecule has 0 aliphatic carbocycles. The predicted molar refractivity (Wildman–Crippen MR) is 96.1 cm³/mol. The molecule has 0 aliphatic heterocycles. The minimum absolute atomic E-state index is 0.0646. The van der Waals surface area contributed by atoms with Gasteiger partial charge in [0.05, 0.1) is 0 Å². The van der Waals surface area contributed by atoms with Gasteiger partial charge in [-0.1, -0.05) is 41.4 Å². The average Bonchev–Trinajstić information content (AvgIpc) is 3.08. The smallest absolute Gasteiger partial charge is 0.247 e. The molecule has 1 amide bonds. The van der Waals surface area contributed by atoms with E-state index in [0.29, 0.717) is 36.2 Å². The Labute approximate surface area is 151 Å². The first-order valence-corrected chi connectivity index (χ1v) is 8.38. The maximum absolute atomic E-state index is 12.0. The van der Waals surface area contributed by atoms with Crippen LogP contribution < -0.4 is 5.32 Å². The summed E-state index contributed by atoms with van der Waals surface area (Å²) < 4.78 is 5.63. The first-order valence-electron chi connectivity index (χ1n) is 8.01. The second kappa shape index (κ2) is 7.94. The molecule has 6 heteroatoms. The Bertz CT molecular complexity index is 859. The van der Waals surface area contributed by atoms with Crippen molar-refractivity contribution in [1.29, 1.82) is 0 Å². The third-order valence-electron chi connectivity index (χ3n) is 3.70. The average molecular weight is 356 g/mol. The van der Waals surface area contributed by atoms with Gasteiger partial charge < -0.3 is 9.73 Å². The maximum Gasteiger partial charge on any atom is 0.247 e. The molecule has 0 spiro atoms. The van der Waals surface area contributed by atoms with Crippen LogP contribution in [0.5, 0.6) is 0 Å². The van der Waals surface area contributed by atoms with Gasteiger partial charge in [0.25, 0.3) is 0 Å². The third kappa shape index (κ3) is 4.90. The summed E-state index contributed by atoms with van der Waals surface area (Å²) in [5.74, 6) is 0.865. The van der Waals surface area contributed by atoms with Crippen molar-refractivity contribution in [2.45, 2.75) is 26.3 Å². The van der Waals surface area contributed by atoms with E-state index in [4.69, 9.17) is 16.0 Å². The molecule has 5 nitrogen and oxygen atoms in total. The quantitative estimate of drug-likeness (QED) is 0.727. The Hall–Kier alpha value is -2.66. The Morgan fingerprint density at radius 1 is 1.16 bits per heavy atom. The lowest BCUT2D eigenvalue weighted by atomic mass is 10.1. The Morgan fingerprint density at radius 2 is 1.96 bits per heavy atom. The number of rotatable bonds is 6. The fourth-order valence-electron chi connectivity index (χ4n) is 2.36. The molecule has 1 aromatic heterocycles. The lowest BCUT2D eigenvalue weighted by Gasteiger charge is -2.04. The number of aromatic nitrogens is 2. The molecule has 0 unspecified atom stereocenters. The van der Waals surface area contributed by atoms with Gasteiger partial charge in [-0.15, -0.1) is 10.2 Å². The van der Waals surface area contributed by atoms with E-state index < -0.39 is 0 Å². The summed E-state index contributed by atoms with van der Waals surface area (Å²) in [6.07, 6.45) is 0.703. The first-order chi connectivity index (χ1) is 12.1. The van der Waals surface area contributed by atoms with E-state index in [1.54, 1.807) is 12.1 Å². The fraction of sp³-hybridized carbons (Fsp3) is 0.211. The minimum atomic E-state index is -0.0646. The van der Waals surface area contributed by atoms with Gasteiger partial charge in [0.1, 0.15) is 0 Å². The van der Waals surface area contributed by atoms with Crippen molar-refractivity contribution in [3.05, 3.63) is 70.6 Å². The minimum Gasteiger partial charge on any atom is -0.421 e. The van der Waals surface area contributed by atoms with Gasteiger partial charge in [-0.05, 0) is 36.8 Å². The molecule has 0 saturated heterocycles. The van der Waals surface area contributed by atoms with E-state index >= 15 is 0 Å². The number of aryl methyl sites for hydroxylation is 2. The summed E-state index contributed by atoms with van der Waals surface area (Å²) in [4.78, 5) is 12.0. The van der Waals surface area contributed by atoms with Crippen molar-refractivity contribution in [2.75, 3.05) is 0 Å². The van der Waals surface area contributed by atoms with Gasteiger partial charge in [-0.3, -0.25) is 4.79 Å². The molecular weight excluding hydrogens is 338 g/mol. The maximum atomic E-state index is 12.0. The van der Waals surface area contributed by atoms with Gasteiger partial charge in [-0.25, -0.2) is 0 Å². The van der Waals surface area contributed by atoms with Gasteiger partial charge >= 0.3 is 0 Å². The zero-order valence-electron chi connectivity index (χ0n) is 13.8. The van der Waals surface area contributed by atoms with E-state index in [9.17, 15) is 4.79 Å². The predicted octanol–water partition coefficient (Wildman–Crippen LogP) is 3.95. The largest absolute Gasteiger partial charge is 0.421 e. The zero-order valence-corrected chi connectivity index (χ0v) is 14.6. The molecule has 1 heterocycles. The summed E-state index contributed by atoms with van der Waals surface area (Å²) in [6.45, 7) is 2.47. The molecule has 2 aromatic carbocycles. The van der Waals surface area contributed by atoms with Crippen LogP contribution in [-0.2, 0) is 17.8 Å². The van der Waals surface area contributed by atoms with Crippen LogP contribution in [0.3, 0.4) is 0 Å². The Balaban J connectivity index is 1.50. The molecule has 0 bridgehead atoms. The molecule has 0 saturated carbocycles. The van der Waals surface area contributed by atoms with E-state index in [1.165, 1.54) is 0 Å². The number of hydrogen-bond donors (Lipinski definition) is 1. The van der Waals surface area contributed by atoms with Gasteiger partial charge in [-0.2, -0.15) is 0 Å². The Kier molecular flexibility index (Phi) is 5.46. The number of halogens is 1. The summed E-state index contributed by atoms with van der Waals surface area (Å²) in [5.41, 5.74) is 3.00. The van der Waals surface area contributed by atoms with Gasteiger partial charge in [0.15, 0.2) is 0 Å². The van der Waals surface area contributed by atoms with Crippen molar-refractivity contribution in [1.82, 2.24) is 15.5 Å². The van der Waals surface area contributed by atoms with Crippen molar-refractivity contribution in [3.8, 4) is 11.5 Å². The van der Waals surface area contributed by atoms with Crippen molar-refractivity contribution >= 4 is 17.5 Å². The van der Waals surface area contributed by atoms with Crippen LogP contribution in [0.15, 0.2) is 52.9 Å². The summed E-state index contributed by atoms with van der Waals surface area (Å²) in [7, 11) is 0. The molecule has 0 fully saturated rings. The molecule has 0 atom stereocenters. The number of nitrogens with one attached hydrogen (secondary N) is 1. The van der Waals surface area contributed by atoms with E-state index in [2.05, 4.69) is 15.5 Å². The van der Waals surface area contributed by atoms with Gasteiger partial charge in [0.2, 0.25) is 17.7 Å². The number of amides is 1. The van der Waals surface area contributed by atoms with Crippen LogP contribution in [0.25, 0.3) is 11.5 Å². The molecule has 1 N–H and O–H groups in total. The number of hydrogen-bond acceptors (Lipinski definition) is 4. The Morgan fingerprint density at radius 3 is 2.72 bits per heavy atom. The third-order valence-corrected chi connectivity index (χ3v) is 3.95. The monoisotopic (exact) mass is 355 g/mol. The van der Waals surface area contributed by atoms with E-state index in [1.807, 2.05) is 43.3 Å². The molecule has 0 aliphatic rings. The van der Waals surface area contributed by atoms with Crippen LogP contribution in [-0.4, -0.2) is 16.1 Å². The molecule has 3 aromatic rings. The van der Waals surface area contributed by atoms with Crippen LogP contribution >= 0.6 is 11.6 Å². The number of benzene rings is 2. The molecular formula is C19H18ClN3O2. The van der Waals surface area contributed by atoms with Crippen LogP contribution in [0.2, 0.25) is 5.02 Å². The molecule has 0 radical (unpaired) electrons. The number of nitrogens with zero attached hydrogens (tertiary/aromatic N) is 2. The standard InChI is InChI=1S/C19H18ClN3O2/c1-13-3-2-4-15(11-13)19-23-22-18(25-19)10-9-17(24)21-12-14-5-7-16(20)8-6-14/h2-8,11H,9-10,12H2,1H3,(H,21,24).